The molecular formula is C24H25N5O2. The lowest BCUT2D eigenvalue weighted by atomic mass is 10.1. The van der Waals surface area contributed by atoms with Crippen LogP contribution in [0.25, 0.3) is 17.3 Å². The summed E-state index contributed by atoms with van der Waals surface area (Å²) in [6.07, 6.45) is 0. The molecule has 2 heterocycles. The van der Waals surface area contributed by atoms with Crippen LogP contribution in [0.15, 0.2) is 65.1 Å². The predicted octanol–water partition coefficient (Wildman–Crippen LogP) is 4.85. The van der Waals surface area contributed by atoms with Crippen molar-refractivity contribution in [1.82, 2.24) is 25.3 Å². The first-order valence-corrected chi connectivity index (χ1v) is 10.3. The Morgan fingerprint density at radius 1 is 1.00 bits per heavy atom. The number of amides is 1. The van der Waals surface area contributed by atoms with E-state index in [-0.39, 0.29) is 17.9 Å². The summed E-state index contributed by atoms with van der Waals surface area (Å²) in [5.41, 5.74) is 4.02. The summed E-state index contributed by atoms with van der Waals surface area (Å²) in [6.45, 7) is 7.90. The summed E-state index contributed by atoms with van der Waals surface area (Å²) in [4.78, 5) is 12.9. The third kappa shape index (κ3) is 4.40. The summed E-state index contributed by atoms with van der Waals surface area (Å²) >= 11 is 0. The van der Waals surface area contributed by atoms with Crippen molar-refractivity contribution in [3.63, 3.8) is 0 Å². The van der Waals surface area contributed by atoms with Crippen LogP contribution in [0, 0.1) is 6.92 Å². The van der Waals surface area contributed by atoms with Crippen molar-refractivity contribution in [2.45, 2.75) is 39.7 Å². The van der Waals surface area contributed by atoms with Gasteiger partial charge in [-0.25, -0.2) is 4.68 Å². The van der Waals surface area contributed by atoms with Crippen molar-refractivity contribution in [3.05, 3.63) is 83.4 Å². The van der Waals surface area contributed by atoms with Gasteiger partial charge in [0.1, 0.15) is 5.69 Å². The molecule has 0 bridgehead atoms. The van der Waals surface area contributed by atoms with E-state index in [1.807, 2.05) is 66.2 Å². The van der Waals surface area contributed by atoms with E-state index < -0.39 is 0 Å². The van der Waals surface area contributed by atoms with Gasteiger partial charge in [0.25, 0.3) is 11.8 Å². The van der Waals surface area contributed by atoms with E-state index in [1.54, 1.807) is 13.0 Å². The number of benzene rings is 2. The summed E-state index contributed by atoms with van der Waals surface area (Å²) in [7, 11) is 0. The van der Waals surface area contributed by atoms with E-state index in [9.17, 15) is 4.79 Å². The lowest BCUT2D eigenvalue weighted by Crippen LogP contribution is -2.26. The molecule has 2 aromatic heterocycles. The number of rotatable bonds is 6. The van der Waals surface area contributed by atoms with E-state index in [0.29, 0.717) is 23.0 Å². The molecule has 1 atom stereocenters. The lowest BCUT2D eigenvalue weighted by molar-refractivity contribution is 0.0940. The molecule has 0 fully saturated rings. The monoisotopic (exact) mass is 415 g/mol. The SMILES string of the molecule is Cc1nnc(-c2cc(C(C)C)n(-c3cccc(C(=O)N[C@@H](C)c4ccccc4)c3)n2)o1. The predicted molar refractivity (Wildman–Crippen MR) is 118 cm³/mol. The zero-order chi connectivity index (χ0) is 22.0. The fraction of sp³-hybridized carbons (Fsp3) is 0.250. The Bertz CT molecular complexity index is 1190. The minimum absolute atomic E-state index is 0.0966. The van der Waals surface area contributed by atoms with Gasteiger partial charge in [0, 0.05) is 18.2 Å². The molecular weight excluding hydrogens is 390 g/mol. The van der Waals surface area contributed by atoms with Gasteiger partial charge in [-0.1, -0.05) is 50.2 Å². The van der Waals surface area contributed by atoms with Gasteiger partial charge >= 0.3 is 0 Å². The van der Waals surface area contributed by atoms with Crippen LogP contribution < -0.4 is 5.32 Å². The normalized spacial score (nSPS) is 12.2. The third-order valence-electron chi connectivity index (χ3n) is 5.07. The van der Waals surface area contributed by atoms with E-state index in [0.717, 1.165) is 16.9 Å². The lowest BCUT2D eigenvalue weighted by Gasteiger charge is -2.15. The van der Waals surface area contributed by atoms with Gasteiger partial charge in [-0.2, -0.15) is 5.10 Å². The average Bonchev–Trinajstić information content (AvgIpc) is 3.41. The van der Waals surface area contributed by atoms with Crippen LogP contribution in [0.2, 0.25) is 0 Å². The number of carbonyl (C=O) groups is 1. The molecule has 0 saturated heterocycles. The van der Waals surface area contributed by atoms with Crippen molar-refractivity contribution in [2.24, 2.45) is 0 Å². The quantitative estimate of drug-likeness (QED) is 0.487. The summed E-state index contributed by atoms with van der Waals surface area (Å²) in [5, 5.41) is 15.7. The largest absolute Gasteiger partial charge is 0.420 e. The summed E-state index contributed by atoms with van der Waals surface area (Å²) in [5.74, 6) is 0.940. The number of hydrogen-bond donors (Lipinski definition) is 1. The van der Waals surface area contributed by atoms with E-state index in [2.05, 4.69) is 34.5 Å². The van der Waals surface area contributed by atoms with Crippen LogP contribution in [0.4, 0.5) is 0 Å². The molecule has 0 radical (unpaired) electrons. The maximum atomic E-state index is 12.9. The number of carbonyl (C=O) groups excluding carboxylic acids is 1. The van der Waals surface area contributed by atoms with Crippen molar-refractivity contribution in [1.29, 1.82) is 0 Å². The molecule has 7 heteroatoms. The van der Waals surface area contributed by atoms with Gasteiger partial charge in [-0.15, -0.1) is 10.2 Å². The fourth-order valence-corrected chi connectivity index (χ4v) is 3.40. The van der Waals surface area contributed by atoms with E-state index in [1.165, 1.54) is 0 Å². The second-order valence-corrected chi connectivity index (χ2v) is 7.80. The van der Waals surface area contributed by atoms with Crippen molar-refractivity contribution in [3.8, 4) is 17.3 Å². The van der Waals surface area contributed by atoms with Gasteiger partial charge in [0.2, 0.25) is 5.89 Å². The van der Waals surface area contributed by atoms with Crippen LogP contribution in [0.3, 0.4) is 0 Å². The van der Waals surface area contributed by atoms with Crippen LogP contribution >= 0.6 is 0 Å². The molecule has 1 amide bonds. The Labute approximate surface area is 181 Å². The van der Waals surface area contributed by atoms with Crippen molar-refractivity contribution >= 4 is 5.91 Å². The van der Waals surface area contributed by atoms with Gasteiger partial charge in [-0.05, 0) is 42.7 Å². The Balaban J connectivity index is 1.63. The molecule has 0 spiro atoms. The molecule has 0 unspecified atom stereocenters. The van der Waals surface area contributed by atoms with E-state index >= 15 is 0 Å². The highest BCUT2D eigenvalue weighted by molar-refractivity contribution is 5.95. The highest BCUT2D eigenvalue weighted by Gasteiger charge is 2.18. The highest BCUT2D eigenvalue weighted by Crippen LogP contribution is 2.26. The average molecular weight is 415 g/mol. The van der Waals surface area contributed by atoms with Gasteiger partial charge in [-0.3, -0.25) is 4.79 Å². The third-order valence-corrected chi connectivity index (χ3v) is 5.07. The number of aromatic nitrogens is 4. The van der Waals surface area contributed by atoms with Crippen LogP contribution in [0.1, 0.15) is 60.2 Å². The fourth-order valence-electron chi connectivity index (χ4n) is 3.40. The highest BCUT2D eigenvalue weighted by atomic mass is 16.4. The maximum Gasteiger partial charge on any atom is 0.268 e. The Morgan fingerprint density at radius 3 is 2.45 bits per heavy atom. The molecule has 0 aliphatic carbocycles. The zero-order valence-corrected chi connectivity index (χ0v) is 18.0. The Kier molecular flexibility index (Phi) is 5.66. The van der Waals surface area contributed by atoms with Crippen molar-refractivity contribution < 1.29 is 9.21 Å². The number of nitrogens with zero attached hydrogens (tertiary/aromatic N) is 4. The first kappa shape index (κ1) is 20.5. The van der Waals surface area contributed by atoms with Crippen LogP contribution in [0.5, 0.6) is 0 Å². The molecule has 31 heavy (non-hydrogen) atoms. The van der Waals surface area contributed by atoms with Crippen molar-refractivity contribution in [2.75, 3.05) is 0 Å². The number of nitrogens with one attached hydrogen (secondary N) is 1. The van der Waals surface area contributed by atoms with Gasteiger partial charge in [0.15, 0.2) is 0 Å². The number of hydrogen-bond acceptors (Lipinski definition) is 5. The molecule has 4 rings (SSSR count). The zero-order valence-electron chi connectivity index (χ0n) is 18.0. The molecule has 0 aliphatic rings. The second-order valence-electron chi connectivity index (χ2n) is 7.80. The first-order chi connectivity index (χ1) is 14.9. The Morgan fingerprint density at radius 2 is 1.77 bits per heavy atom. The summed E-state index contributed by atoms with van der Waals surface area (Å²) < 4.78 is 7.37. The standard InChI is InChI=1S/C24H25N5O2/c1-15(2)22-14-21(24-27-26-17(4)31-24)28-29(22)20-12-8-11-19(13-20)23(30)25-16(3)18-9-6-5-7-10-18/h5-16H,1-4H3,(H,25,30)/t16-/m0/s1. The molecule has 1 N–H and O–H groups in total. The molecule has 158 valence electrons. The molecule has 0 saturated carbocycles. The van der Waals surface area contributed by atoms with Gasteiger partial charge < -0.3 is 9.73 Å². The molecule has 2 aromatic carbocycles. The van der Waals surface area contributed by atoms with Crippen LogP contribution in [-0.2, 0) is 0 Å². The van der Waals surface area contributed by atoms with Crippen LogP contribution in [-0.4, -0.2) is 25.9 Å². The molecule has 0 aliphatic heterocycles. The maximum absolute atomic E-state index is 12.9. The first-order valence-electron chi connectivity index (χ1n) is 10.3. The smallest absolute Gasteiger partial charge is 0.268 e. The van der Waals surface area contributed by atoms with Gasteiger partial charge in [0.05, 0.1) is 11.7 Å². The molecule has 4 aromatic rings. The number of aryl methyl sites for hydroxylation is 1. The second kappa shape index (κ2) is 8.55. The summed E-state index contributed by atoms with van der Waals surface area (Å²) in [6, 6.07) is 19.2. The topological polar surface area (TPSA) is 85.8 Å². The minimum atomic E-state index is -0.135. The Hall–Kier alpha value is -3.74. The minimum Gasteiger partial charge on any atom is -0.420 e. The molecule has 7 nitrogen and oxygen atoms in total. The van der Waals surface area contributed by atoms with E-state index in [4.69, 9.17) is 4.42 Å².